The third-order valence-corrected chi connectivity index (χ3v) is 4.36. The van der Waals surface area contributed by atoms with Crippen molar-refractivity contribution in [2.24, 2.45) is 0 Å². The van der Waals surface area contributed by atoms with Gasteiger partial charge in [0.25, 0.3) is 0 Å². The predicted molar refractivity (Wildman–Crippen MR) is 89.0 cm³/mol. The molecule has 1 heterocycles. The summed E-state index contributed by atoms with van der Waals surface area (Å²) < 4.78 is 0. The number of fused-ring (bicyclic) bond motifs is 2. The molecule has 0 fully saturated rings. The number of aryl methyl sites for hydroxylation is 1. The molecule has 2 N–H and O–H groups in total. The number of pyridine rings is 1. The summed E-state index contributed by atoms with van der Waals surface area (Å²) in [6, 6.07) is 18.3. The maximum absolute atomic E-state index is 10.4. The lowest BCUT2D eigenvalue weighted by Crippen LogP contribution is -2.21. The summed E-state index contributed by atoms with van der Waals surface area (Å²) >= 11 is 0. The van der Waals surface area contributed by atoms with E-state index in [0.29, 0.717) is 6.42 Å². The van der Waals surface area contributed by atoms with Gasteiger partial charge in [0.1, 0.15) is 0 Å². The molecular weight excluding hydrogens is 272 g/mol. The predicted octanol–water partition coefficient (Wildman–Crippen LogP) is 3.61. The van der Waals surface area contributed by atoms with Gasteiger partial charge >= 0.3 is 0 Å². The lowest BCUT2D eigenvalue weighted by atomic mass is 10.1. The molecule has 1 aliphatic rings. The average Bonchev–Trinajstić information content (AvgIpc) is 2.83. The van der Waals surface area contributed by atoms with Crippen LogP contribution >= 0.6 is 0 Å². The van der Waals surface area contributed by atoms with E-state index >= 15 is 0 Å². The van der Waals surface area contributed by atoms with Crippen LogP contribution in [0.15, 0.2) is 54.6 Å². The standard InChI is InChI=1S/C19H18N2O/c1-12-10-17(15-8-4-5-9-16(15)20-12)21-19-14-7-3-2-6-13(14)11-18(19)22/h2-10,18-19,22H,11H2,1H3,(H,20,21)/t18-,19+/m1/s1. The molecule has 2 atom stereocenters. The molecule has 3 nitrogen and oxygen atoms in total. The summed E-state index contributed by atoms with van der Waals surface area (Å²) in [5, 5.41) is 15.1. The van der Waals surface area contributed by atoms with Crippen molar-refractivity contribution in [3.8, 4) is 0 Å². The van der Waals surface area contributed by atoms with Gasteiger partial charge in [-0.05, 0) is 30.2 Å². The average molecular weight is 290 g/mol. The van der Waals surface area contributed by atoms with Crippen molar-refractivity contribution in [3.05, 3.63) is 71.4 Å². The summed E-state index contributed by atoms with van der Waals surface area (Å²) in [6.07, 6.45) is 0.306. The van der Waals surface area contributed by atoms with Gasteiger partial charge < -0.3 is 10.4 Å². The number of hydrogen-bond acceptors (Lipinski definition) is 3. The Kier molecular flexibility index (Phi) is 3.09. The lowest BCUT2D eigenvalue weighted by Gasteiger charge is -2.21. The Morgan fingerprint density at radius 3 is 2.77 bits per heavy atom. The van der Waals surface area contributed by atoms with E-state index in [1.807, 2.05) is 37.3 Å². The lowest BCUT2D eigenvalue weighted by molar-refractivity contribution is 0.166. The highest BCUT2D eigenvalue weighted by Crippen LogP contribution is 2.35. The van der Waals surface area contributed by atoms with Crippen molar-refractivity contribution >= 4 is 16.6 Å². The molecule has 1 aromatic heterocycles. The zero-order chi connectivity index (χ0) is 15.1. The fourth-order valence-electron chi connectivity index (χ4n) is 3.34. The summed E-state index contributed by atoms with van der Waals surface area (Å²) in [7, 11) is 0. The first-order valence-corrected chi connectivity index (χ1v) is 7.61. The smallest absolute Gasteiger partial charge is 0.0823 e. The number of aliphatic hydroxyl groups excluding tert-OH is 1. The van der Waals surface area contributed by atoms with Crippen LogP contribution in [0.25, 0.3) is 10.9 Å². The minimum absolute atomic E-state index is 0.0681. The zero-order valence-electron chi connectivity index (χ0n) is 12.5. The van der Waals surface area contributed by atoms with Crippen molar-refractivity contribution in [1.82, 2.24) is 4.98 Å². The molecule has 0 aliphatic heterocycles. The van der Waals surface area contributed by atoms with Crippen LogP contribution in [0.2, 0.25) is 0 Å². The summed E-state index contributed by atoms with van der Waals surface area (Å²) in [4.78, 5) is 4.57. The molecule has 1 aliphatic carbocycles. The van der Waals surface area contributed by atoms with Crippen LogP contribution < -0.4 is 5.32 Å². The van der Waals surface area contributed by atoms with Crippen molar-refractivity contribution in [2.75, 3.05) is 5.32 Å². The highest BCUT2D eigenvalue weighted by atomic mass is 16.3. The summed E-state index contributed by atoms with van der Waals surface area (Å²) in [6.45, 7) is 2.00. The minimum atomic E-state index is -0.398. The fraction of sp³-hybridized carbons (Fsp3) is 0.211. The monoisotopic (exact) mass is 290 g/mol. The van der Waals surface area contributed by atoms with Crippen LogP contribution in [-0.2, 0) is 6.42 Å². The van der Waals surface area contributed by atoms with Gasteiger partial charge in [0, 0.05) is 23.2 Å². The maximum atomic E-state index is 10.4. The first kappa shape index (κ1) is 13.3. The first-order chi connectivity index (χ1) is 10.7. The van der Waals surface area contributed by atoms with Crippen LogP contribution in [0.3, 0.4) is 0 Å². The summed E-state index contributed by atoms with van der Waals surface area (Å²) in [5.74, 6) is 0. The van der Waals surface area contributed by atoms with E-state index in [0.717, 1.165) is 22.3 Å². The number of anilines is 1. The number of aromatic nitrogens is 1. The van der Waals surface area contributed by atoms with E-state index in [9.17, 15) is 5.11 Å². The van der Waals surface area contributed by atoms with Crippen molar-refractivity contribution in [2.45, 2.75) is 25.5 Å². The third kappa shape index (κ3) is 2.14. The van der Waals surface area contributed by atoms with Gasteiger partial charge in [-0.1, -0.05) is 42.5 Å². The van der Waals surface area contributed by atoms with E-state index in [-0.39, 0.29) is 6.04 Å². The van der Waals surface area contributed by atoms with E-state index < -0.39 is 6.10 Å². The van der Waals surface area contributed by atoms with Crippen LogP contribution in [0.1, 0.15) is 22.9 Å². The first-order valence-electron chi connectivity index (χ1n) is 7.61. The quantitative estimate of drug-likeness (QED) is 0.758. The summed E-state index contributed by atoms with van der Waals surface area (Å²) in [5.41, 5.74) is 5.40. The Morgan fingerprint density at radius 2 is 1.86 bits per heavy atom. The number of rotatable bonds is 2. The highest BCUT2D eigenvalue weighted by Gasteiger charge is 2.30. The number of benzene rings is 2. The van der Waals surface area contributed by atoms with Gasteiger partial charge in [-0.15, -0.1) is 0 Å². The molecule has 0 unspecified atom stereocenters. The van der Waals surface area contributed by atoms with E-state index in [1.54, 1.807) is 0 Å². The molecule has 22 heavy (non-hydrogen) atoms. The Morgan fingerprint density at radius 1 is 1.09 bits per heavy atom. The zero-order valence-corrected chi connectivity index (χ0v) is 12.5. The van der Waals surface area contributed by atoms with Gasteiger partial charge in [-0.2, -0.15) is 0 Å². The molecule has 110 valence electrons. The maximum Gasteiger partial charge on any atom is 0.0823 e. The number of para-hydroxylation sites is 1. The molecular formula is C19H18N2O. The number of aliphatic hydroxyl groups is 1. The Bertz CT molecular complexity index is 844. The molecule has 4 rings (SSSR count). The second kappa shape index (κ2) is 5.11. The second-order valence-corrected chi connectivity index (χ2v) is 5.92. The molecule has 2 aromatic carbocycles. The fourth-order valence-corrected chi connectivity index (χ4v) is 3.34. The van der Waals surface area contributed by atoms with Crippen LogP contribution in [0, 0.1) is 6.92 Å². The van der Waals surface area contributed by atoms with Crippen molar-refractivity contribution < 1.29 is 5.11 Å². The molecule has 0 amide bonds. The Labute approximate surface area is 129 Å². The Hall–Kier alpha value is -2.39. The molecule has 0 saturated carbocycles. The van der Waals surface area contributed by atoms with E-state index in [2.05, 4.69) is 34.6 Å². The highest BCUT2D eigenvalue weighted by molar-refractivity contribution is 5.91. The van der Waals surface area contributed by atoms with Gasteiger partial charge in [-0.25, -0.2) is 0 Å². The van der Waals surface area contributed by atoms with Crippen molar-refractivity contribution in [3.63, 3.8) is 0 Å². The van der Waals surface area contributed by atoms with E-state index in [4.69, 9.17) is 0 Å². The number of nitrogens with zero attached hydrogens (tertiary/aromatic N) is 1. The number of nitrogens with one attached hydrogen (secondary N) is 1. The molecule has 0 bridgehead atoms. The molecule has 0 saturated heterocycles. The van der Waals surface area contributed by atoms with Crippen LogP contribution in [0.5, 0.6) is 0 Å². The van der Waals surface area contributed by atoms with Gasteiger partial charge in [0.15, 0.2) is 0 Å². The third-order valence-electron chi connectivity index (χ3n) is 4.36. The van der Waals surface area contributed by atoms with Crippen LogP contribution in [0.4, 0.5) is 5.69 Å². The Balaban J connectivity index is 1.78. The molecule has 3 heteroatoms. The normalized spacial score (nSPS) is 20.1. The number of hydrogen-bond donors (Lipinski definition) is 2. The van der Waals surface area contributed by atoms with Gasteiger partial charge in [0.05, 0.1) is 17.7 Å². The van der Waals surface area contributed by atoms with Crippen LogP contribution in [-0.4, -0.2) is 16.2 Å². The topological polar surface area (TPSA) is 45.1 Å². The van der Waals surface area contributed by atoms with Gasteiger partial charge in [0.2, 0.25) is 0 Å². The SMILES string of the molecule is Cc1cc(N[C@H]2c3ccccc3C[C@H]2O)c2ccccc2n1. The molecule has 3 aromatic rings. The molecule has 0 spiro atoms. The van der Waals surface area contributed by atoms with E-state index in [1.165, 1.54) is 11.1 Å². The second-order valence-electron chi connectivity index (χ2n) is 5.92. The largest absolute Gasteiger partial charge is 0.390 e. The minimum Gasteiger partial charge on any atom is -0.390 e. The van der Waals surface area contributed by atoms with Crippen molar-refractivity contribution in [1.29, 1.82) is 0 Å². The van der Waals surface area contributed by atoms with Gasteiger partial charge in [-0.3, -0.25) is 4.98 Å². The molecule has 0 radical (unpaired) electrons.